The van der Waals surface area contributed by atoms with Gasteiger partial charge in [-0.1, -0.05) is 55.8 Å². The first-order valence-electron chi connectivity index (χ1n) is 7.05. The van der Waals surface area contributed by atoms with Crippen molar-refractivity contribution in [3.05, 3.63) is 47.5 Å². The van der Waals surface area contributed by atoms with E-state index in [0.717, 1.165) is 19.0 Å². The van der Waals surface area contributed by atoms with Crippen molar-refractivity contribution in [2.75, 3.05) is 13.1 Å². The van der Waals surface area contributed by atoms with Crippen molar-refractivity contribution in [1.82, 2.24) is 5.32 Å². The summed E-state index contributed by atoms with van der Waals surface area (Å²) in [6.07, 6.45) is 7.00. The quantitative estimate of drug-likeness (QED) is 0.775. The maximum atomic E-state index is 3.64. The molecule has 0 saturated carbocycles. The van der Waals surface area contributed by atoms with Crippen LogP contribution in [0.4, 0.5) is 0 Å². The third-order valence-corrected chi connectivity index (χ3v) is 3.86. The lowest BCUT2D eigenvalue weighted by Crippen LogP contribution is -2.37. The SMILES string of the molecule is Cc1ccc(C2(CNCC(C)C)CC=CC2)cc1. The summed E-state index contributed by atoms with van der Waals surface area (Å²) in [6.45, 7) is 8.87. The van der Waals surface area contributed by atoms with Crippen molar-refractivity contribution in [1.29, 1.82) is 0 Å². The number of rotatable bonds is 5. The van der Waals surface area contributed by atoms with Crippen molar-refractivity contribution in [3.8, 4) is 0 Å². The predicted octanol–water partition coefficient (Wildman–Crippen LogP) is 3.83. The van der Waals surface area contributed by atoms with Gasteiger partial charge in [-0.05, 0) is 37.8 Å². The van der Waals surface area contributed by atoms with Gasteiger partial charge in [0.05, 0.1) is 0 Å². The normalized spacial score (nSPS) is 17.6. The molecule has 1 aromatic rings. The molecule has 0 fully saturated rings. The van der Waals surface area contributed by atoms with Gasteiger partial charge < -0.3 is 5.32 Å². The fourth-order valence-electron chi connectivity index (χ4n) is 2.69. The van der Waals surface area contributed by atoms with Crippen molar-refractivity contribution in [2.24, 2.45) is 5.92 Å². The molecule has 2 rings (SSSR count). The molecule has 1 nitrogen and oxygen atoms in total. The minimum atomic E-state index is 0.294. The summed E-state index contributed by atoms with van der Waals surface area (Å²) in [5, 5.41) is 3.64. The summed E-state index contributed by atoms with van der Waals surface area (Å²) in [5.41, 5.74) is 3.12. The molecular weight excluding hydrogens is 218 g/mol. The standard InChI is InChI=1S/C17H25N/c1-14(2)12-18-13-17(10-4-5-11-17)16-8-6-15(3)7-9-16/h4-9,14,18H,10-13H2,1-3H3. The van der Waals surface area contributed by atoms with E-state index in [1.165, 1.54) is 24.0 Å². The summed E-state index contributed by atoms with van der Waals surface area (Å²) in [4.78, 5) is 0. The molecule has 1 aliphatic carbocycles. The Kier molecular flexibility index (Phi) is 4.23. The van der Waals surface area contributed by atoms with E-state index in [4.69, 9.17) is 0 Å². The number of hydrogen-bond acceptors (Lipinski definition) is 1. The minimum Gasteiger partial charge on any atom is -0.316 e. The highest BCUT2D eigenvalue weighted by atomic mass is 14.9. The third-order valence-electron chi connectivity index (χ3n) is 3.86. The molecule has 0 saturated heterocycles. The van der Waals surface area contributed by atoms with E-state index in [1.54, 1.807) is 0 Å². The van der Waals surface area contributed by atoms with Gasteiger partial charge in [0.2, 0.25) is 0 Å². The fourth-order valence-corrected chi connectivity index (χ4v) is 2.69. The summed E-state index contributed by atoms with van der Waals surface area (Å²) in [7, 11) is 0. The second kappa shape index (κ2) is 5.71. The zero-order valence-electron chi connectivity index (χ0n) is 11.9. The van der Waals surface area contributed by atoms with Crippen LogP contribution < -0.4 is 5.32 Å². The van der Waals surface area contributed by atoms with Crippen molar-refractivity contribution < 1.29 is 0 Å². The van der Waals surface area contributed by atoms with Crippen LogP contribution >= 0.6 is 0 Å². The van der Waals surface area contributed by atoms with Crippen molar-refractivity contribution in [2.45, 2.75) is 39.0 Å². The lowest BCUT2D eigenvalue weighted by molar-refractivity contribution is 0.402. The van der Waals surface area contributed by atoms with Gasteiger partial charge in [0.25, 0.3) is 0 Å². The van der Waals surface area contributed by atoms with E-state index < -0.39 is 0 Å². The topological polar surface area (TPSA) is 12.0 Å². The Bertz CT molecular complexity index is 392. The molecule has 0 heterocycles. The van der Waals surface area contributed by atoms with Crippen LogP contribution in [0.25, 0.3) is 0 Å². The maximum Gasteiger partial charge on any atom is 0.0146 e. The minimum absolute atomic E-state index is 0.294. The molecule has 1 aliphatic rings. The van der Waals surface area contributed by atoms with Gasteiger partial charge in [0, 0.05) is 12.0 Å². The van der Waals surface area contributed by atoms with Gasteiger partial charge in [0.1, 0.15) is 0 Å². The molecule has 0 amide bonds. The van der Waals surface area contributed by atoms with Gasteiger partial charge in [-0.25, -0.2) is 0 Å². The second-order valence-corrected chi connectivity index (χ2v) is 6.05. The molecule has 1 N–H and O–H groups in total. The van der Waals surface area contributed by atoms with E-state index in [1.807, 2.05) is 0 Å². The maximum absolute atomic E-state index is 3.64. The van der Waals surface area contributed by atoms with Gasteiger partial charge in [-0.15, -0.1) is 0 Å². The molecular formula is C17H25N. The number of hydrogen-bond donors (Lipinski definition) is 1. The molecule has 1 heteroatoms. The third kappa shape index (κ3) is 3.02. The fraction of sp³-hybridized carbons (Fsp3) is 0.529. The second-order valence-electron chi connectivity index (χ2n) is 6.05. The molecule has 18 heavy (non-hydrogen) atoms. The van der Waals surface area contributed by atoms with E-state index in [2.05, 4.69) is 62.5 Å². The van der Waals surface area contributed by atoms with Crippen LogP contribution in [-0.2, 0) is 5.41 Å². The first-order chi connectivity index (χ1) is 8.62. The Hall–Kier alpha value is -1.08. The molecule has 1 aromatic carbocycles. The van der Waals surface area contributed by atoms with E-state index in [9.17, 15) is 0 Å². The Morgan fingerprint density at radius 2 is 1.72 bits per heavy atom. The monoisotopic (exact) mass is 243 g/mol. The molecule has 0 bridgehead atoms. The largest absolute Gasteiger partial charge is 0.316 e. The van der Waals surface area contributed by atoms with Crippen LogP contribution in [-0.4, -0.2) is 13.1 Å². The van der Waals surface area contributed by atoms with Crippen LogP contribution in [0.5, 0.6) is 0 Å². The average molecular weight is 243 g/mol. The van der Waals surface area contributed by atoms with Crippen LogP contribution in [0.15, 0.2) is 36.4 Å². The molecule has 0 atom stereocenters. The predicted molar refractivity (Wildman–Crippen MR) is 78.9 cm³/mol. The Morgan fingerprint density at radius 1 is 1.11 bits per heavy atom. The van der Waals surface area contributed by atoms with Crippen molar-refractivity contribution >= 4 is 0 Å². The summed E-state index contributed by atoms with van der Waals surface area (Å²) in [6, 6.07) is 9.08. The van der Waals surface area contributed by atoms with Crippen LogP contribution in [0.2, 0.25) is 0 Å². The molecule has 98 valence electrons. The van der Waals surface area contributed by atoms with Crippen molar-refractivity contribution in [3.63, 3.8) is 0 Å². The van der Waals surface area contributed by atoms with Crippen LogP contribution in [0.1, 0.15) is 37.8 Å². The summed E-state index contributed by atoms with van der Waals surface area (Å²) in [5.74, 6) is 0.717. The van der Waals surface area contributed by atoms with Gasteiger partial charge in [0.15, 0.2) is 0 Å². The first-order valence-corrected chi connectivity index (χ1v) is 7.05. The van der Waals surface area contributed by atoms with Crippen LogP contribution in [0, 0.1) is 12.8 Å². The highest BCUT2D eigenvalue weighted by molar-refractivity contribution is 5.33. The van der Waals surface area contributed by atoms with E-state index >= 15 is 0 Å². The average Bonchev–Trinajstić information content (AvgIpc) is 2.79. The number of nitrogens with one attached hydrogen (secondary N) is 1. The lowest BCUT2D eigenvalue weighted by atomic mass is 9.78. The molecule has 0 aromatic heterocycles. The van der Waals surface area contributed by atoms with Crippen LogP contribution in [0.3, 0.4) is 0 Å². The Morgan fingerprint density at radius 3 is 2.28 bits per heavy atom. The zero-order chi connectivity index (χ0) is 13.0. The smallest absolute Gasteiger partial charge is 0.0146 e. The summed E-state index contributed by atoms with van der Waals surface area (Å²) < 4.78 is 0. The van der Waals surface area contributed by atoms with Gasteiger partial charge in [-0.2, -0.15) is 0 Å². The molecule has 0 radical (unpaired) electrons. The van der Waals surface area contributed by atoms with E-state index in [0.29, 0.717) is 5.41 Å². The van der Waals surface area contributed by atoms with Gasteiger partial charge >= 0.3 is 0 Å². The lowest BCUT2D eigenvalue weighted by Gasteiger charge is -2.30. The first kappa shape index (κ1) is 13.4. The highest BCUT2D eigenvalue weighted by Crippen LogP contribution is 2.36. The molecule has 0 unspecified atom stereocenters. The highest BCUT2D eigenvalue weighted by Gasteiger charge is 2.32. The van der Waals surface area contributed by atoms with Gasteiger partial charge in [-0.3, -0.25) is 0 Å². The number of aryl methyl sites for hydroxylation is 1. The van der Waals surface area contributed by atoms with E-state index in [-0.39, 0.29) is 0 Å². The summed E-state index contributed by atoms with van der Waals surface area (Å²) >= 11 is 0. The molecule has 0 aliphatic heterocycles. The number of allylic oxidation sites excluding steroid dienone is 2. The Labute approximate surface area is 111 Å². The zero-order valence-corrected chi connectivity index (χ0v) is 11.9. The molecule has 0 spiro atoms. The number of benzene rings is 1. The Balaban J connectivity index is 2.09.